The van der Waals surface area contributed by atoms with Gasteiger partial charge in [0.05, 0.1) is 18.7 Å². The number of amides is 1. The molecule has 1 rings (SSSR count). The third-order valence-corrected chi connectivity index (χ3v) is 2.74. The number of nitrogens with two attached hydrogens (primary N) is 1. The summed E-state index contributed by atoms with van der Waals surface area (Å²) in [6.45, 7) is 4.79. The van der Waals surface area contributed by atoms with E-state index in [-0.39, 0.29) is 24.3 Å². The van der Waals surface area contributed by atoms with Crippen molar-refractivity contribution in [2.75, 3.05) is 13.7 Å². The minimum absolute atomic E-state index is 0.0567. The average Bonchev–Trinajstić information content (AvgIpc) is 2.63. The first-order valence-electron chi connectivity index (χ1n) is 5.74. The van der Waals surface area contributed by atoms with Crippen LogP contribution >= 0.6 is 0 Å². The maximum absolute atomic E-state index is 11.3. The van der Waals surface area contributed by atoms with E-state index < -0.39 is 0 Å². The van der Waals surface area contributed by atoms with Crippen LogP contribution in [0, 0.1) is 5.92 Å². The zero-order valence-corrected chi connectivity index (χ0v) is 10.2. The molecule has 0 radical (unpaired) electrons. The topological polar surface area (TPSA) is 73.6 Å². The maximum atomic E-state index is 11.3. The Morgan fingerprint density at radius 3 is 2.81 bits per heavy atom. The number of carbonyl (C=O) groups is 1. The Bertz CT molecular complexity index is 233. The highest BCUT2D eigenvalue weighted by Gasteiger charge is 2.31. The molecule has 5 nitrogen and oxygen atoms in total. The van der Waals surface area contributed by atoms with E-state index in [0.717, 1.165) is 12.8 Å². The number of primary amides is 1. The molecule has 3 atom stereocenters. The van der Waals surface area contributed by atoms with Crippen LogP contribution in [0.3, 0.4) is 0 Å². The molecule has 5 heteroatoms. The normalized spacial score (nSPS) is 27.2. The summed E-state index contributed by atoms with van der Waals surface area (Å²) in [7, 11) is 1.60. The molecule has 94 valence electrons. The van der Waals surface area contributed by atoms with Crippen LogP contribution in [0.15, 0.2) is 0 Å². The molecule has 1 amide bonds. The summed E-state index contributed by atoms with van der Waals surface area (Å²) in [5.41, 5.74) is 5.37. The molecule has 1 aliphatic heterocycles. The maximum Gasteiger partial charge on any atom is 0.234 e. The largest absolute Gasteiger partial charge is 0.368 e. The Balaban J connectivity index is 2.50. The first kappa shape index (κ1) is 13.4. The van der Waals surface area contributed by atoms with Gasteiger partial charge in [0, 0.05) is 7.11 Å². The van der Waals surface area contributed by atoms with E-state index in [9.17, 15) is 4.79 Å². The fourth-order valence-electron chi connectivity index (χ4n) is 1.95. The number of carbonyl (C=O) groups excluding carboxylic acids is 1. The first-order valence-corrected chi connectivity index (χ1v) is 5.74. The van der Waals surface area contributed by atoms with E-state index in [1.807, 2.05) is 0 Å². The molecule has 1 saturated heterocycles. The minimum Gasteiger partial charge on any atom is -0.368 e. The Morgan fingerprint density at radius 1 is 1.62 bits per heavy atom. The highest BCUT2D eigenvalue weighted by atomic mass is 16.7. The third-order valence-electron chi connectivity index (χ3n) is 2.74. The van der Waals surface area contributed by atoms with Gasteiger partial charge in [0.2, 0.25) is 5.91 Å². The van der Waals surface area contributed by atoms with Crippen molar-refractivity contribution in [3.05, 3.63) is 0 Å². The van der Waals surface area contributed by atoms with Gasteiger partial charge in [0.15, 0.2) is 6.29 Å². The van der Waals surface area contributed by atoms with Crippen LogP contribution in [0.2, 0.25) is 0 Å². The van der Waals surface area contributed by atoms with Gasteiger partial charge in [-0.2, -0.15) is 0 Å². The van der Waals surface area contributed by atoms with E-state index in [2.05, 4.69) is 19.2 Å². The lowest BCUT2D eigenvalue weighted by molar-refractivity contribution is -0.122. The number of rotatable bonds is 6. The van der Waals surface area contributed by atoms with Gasteiger partial charge in [-0.15, -0.1) is 0 Å². The molecular weight excluding hydrogens is 208 g/mol. The molecule has 0 spiro atoms. The molecule has 0 aromatic heterocycles. The Kier molecular flexibility index (Phi) is 5.18. The SMILES string of the molecule is COC1OCC[C@@H]1N[C@@H](CC(C)C)C(N)=O. The second kappa shape index (κ2) is 6.18. The summed E-state index contributed by atoms with van der Waals surface area (Å²) in [5.74, 6) is 0.115. The molecular formula is C11H22N2O3. The fraction of sp³-hybridized carbons (Fsp3) is 0.909. The smallest absolute Gasteiger partial charge is 0.234 e. The van der Waals surface area contributed by atoms with E-state index in [0.29, 0.717) is 12.5 Å². The van der Waals surface area contributed by atoms with E-state index in [1.165, 1.54) is 0 Å². The lowest BCUT2D eigenvalue weighted by Crippen LogP contribution is -2.50. The Labute approximate surface area is 96.7 Å². The van der Waals surface area contributed by atoms with Crippen molar-refractivity contribution < 1.29 is 14.3 Å². The van der Waals surface area contributed by atoms with Gasteiger partial charge in [-0.05, 0) is 18.8 Å². The lowest BCUT2D eigenvalue weighted by Gasteiger charge is -2.24. The molecule has 0 saturated carbocycles. The third kappa shape index (κ3) is 3.73. The van der Waals surface area contributed by atoms with Crippen molar-refractivity contribution in [2.24, 2.45) is 11.7 Å². The summed E-state index contributed by atoms with van der Waals surface area (Å²) in [5, 5.41) is 3.22. The van der Waals surface area contributed by atoms with Crippen LogP contribution in [0.1, 0.15) is 26.7 Å². The molecule has 1 unspecified atom stereocenters. The number of hydrogen-bond acceptors (Lipinski definition) is 4. The lowest BCUT2D eigenvalue weighted by atomic mass is 10.0. The molecule has 1 aliphatic rings. The van der Waals surface area contributed by atoms with E-state index >= 15 is 0 Å². The molecule has 0 aliphatic carbocycles. The highest BCUT2D eigenvalue weighted by Crippen LogP contribution is 2.16. The molecule has 16 heavy (non-hydrogen) atoms. The van der Waals surface area contributed by atoms with Gasteiger partial charge >= 0.3 is 0 Å². The van der Waals surface area contributed by atoms with Crippen LogP contribution in [0.25, 0.3) is 0 Å². The van der Waals surface area contributed by atoms with Crippen molar-refractivity contribution in [1.82, 2.24) is 5.32 Å². The molecule has 0 aromatic rings. The quantitative estimate of drug-likeness (QED) is 0.685. The van der Waals surface area contributed by atoms with Crippen molar-refractivity contribution in [2.45, 2.75) is 45.1 Å². The van der Waals surface area contributed by atoms with Crippen LogP contribution in [-0.4, -0.2) is 38.0 Å². The number of nitrogens with one attached hydrogen (secondary N) is 1. The van der Waals surface area contributed by atoms with Gasteiger partial charge in [0.25, 0.3) is 0 Å². The summed E-state index contributed by atoms with van der Waals surface area (Å²) in [4.78, 5) is 11.3. The van der Waals surface area contributed by atoms with Crippen LogP contribution in [-0.2, 0) is 14.3 Å². The number of hydrogen-bond donors (Lipinski definition) is 2. The van der Waals surface area contributed by atoms with Crippen molar-refractivity contribution in [1.29, 1.82) is 0 Å². The molecule has 1 fully saturated rings. The van der Waals surface area contributed by atoms with Gasteiger partial charge < -0.3 is 15.2 Å². The summed E-state index contributed by atoms with van der Waals surface area (Å²) in [6.07, 6.45) is 1.32. The second-order valence-corrected chi connectivity index (χ2v) is 4.62. The second-order valence-electron chi connectivity index (χ2n) is 4.62. The zero-order chi connectivity index (χ0) is 12.1. The monoisotopic (exact) mass is 230 g/mol. The van der Waals surface area contributed by atoms with Crippen LogP contribution < -0.4 is 11.1 Å². The molecule has 1 heterocycles. The molecule has 0 aromatic carbocycles. The van der Waals surface area contributed by atoms with E-state index in [4.69, 9.17) is 15.2 Å². The summed E-state index contributed by atoms with van der Waals surface area (Å²) in [6, 6.07) is -0.245. The van der Waals surface area contributed by atoms with Crippen LogP contribution in [0.5, 0.6) is 0 Å². The summed E-state index contributed by atoms with van der Waals surface area (Å²) < 4.78 is 10.5. The van der Waals surface area contributed by atoms with Gasteiger partial charge in [-0.3, -0.25) is 10.1 Å². The fourth-order valence-corrected chi connectivity index (χ4v) is 1.95. The standard InChI is InChI=1S/C11H22N2O3/c1-7(2)6-9(10(12)14)13-8-4-5-16-11(8)15-3/h7-9,11,13H,4-6H2,1-3H3,(H2,12,14)/t8-,9-,11?/m0/s1. The number of methoxy groups -OCH3 is 1. The van der Waals surface area contributed by atoms with Crippen LogP contribution in [0.4, 0.5) is 0 Å². The van der Waals surface area contributed by atoms with Gasteiger partial charge in [-0.1, -0.05) is 13.8 Å². The Morgan fingerprint density at radius 2 is 2.31 bits per heavy atom. The minimum atomic E-state index is -0.310. The molecule has 0 bridgehead atoms. The Hall–Kier alpha value is -0.650. The predicted molar refractivity (Wildman–Crippen MR) is 60.7 cm³/mol. The molecule has 3 N–H and O–H groups in total. The highest BCUT2D eigenvalue weighted by molar-refractivity contribution is 5.79. The van der Waals surface area contributed by atoms with Gasteiger partial charge in [0.1, 0.15) is 0 Å². The first-order chi connectivity index (χ1) is 7.54. The zero-order valence-electron chi connectivity index (χ0n) is 10.2. The van der Waals surface area contributed by atoms with Gasteiger partial charge in [-0.25, -0.2) is 0 Å². The van der Waals surface area contributed by atoms with Crippen molar-refractivity contribution in [3.63, 3.8) is 0 Å². The van der Waals surface area contributed by atoms with Crippen molar-refractivity contribution in [3.8, 4) is 0 Å². The average molecular weight is 230 g/mol. The summed E-state index contributed by atoms with van der Waals surface area (Å²) >= 11 is 0. The predicted octanol–water partition coefficient (Wildman–Crippen LogP) is 0.237. The number of ether oxygens (including phenoxy) is 2. The van der Waals surface area contributed by atoms with Crippen molar-refractivity contribution >= 4 is 5.91 Å². The van der Waals surface area contributed by atoms with E-state index in [1.54, 1.807) is 7.11 Å².